The van der Waals surface area contributed by atoms with Gasteiger partial charge in [0.15, 0.2) is 0 Å². The van der Waals surface area contributed by atoms with E-state index in [-0.39, 0.29) is 5.69 Å². The Morgan fingerprint density at radius 1 is 1.00 bits per heavy atom. The van der Waals surface area contributed by atoms with Crippen LogP contribution in [0.25, 0.3) is 21.8 Å². The molecule has 0 aliphatic carbocycles. The van der Waals surface area contributed by atoms with E-state index >= 15 is 0 Å². The van der Waals surface area contributed by atoms with Gasteiger partial charge in [-0.1, -0.05) is 26.7 Å². The zero-order valence-electron chi connectivity index (χ0n) is 16.6. The van der Waals surface area contributed by atoms with Gasteiger partial charge in [0, 0.05) is 29.7 Å². The van der Waals surface area contributed by atoms with E-state index in [0.717, 1.165) is 55.3 Å². The fourth-order valence-electron chi connectivity index (χ4n) is 2.97. The molecule has 0 unspecified atom stereocenters. The first-order chi connectivity index (χ1) is 13.9. The number of aromatic amines is 1. The Bertz CT molecular complexity index is 891. The molecule has 3 aromatic rings. The summed E-state index contributed by atoms with van der Waals surface area (Å²) in [5.74, 6) is 0. The van der Waals surface area contributed by atoms with Gasteiger partial charge in [-0.2, -0.15) is 18.3 Å². The van der Waals surface area contributed by atoms with Crippen LogP contribution in [0.2, 0.25) is 0 Å². The molecule has 4 nitrogen and oxygen atoms in total. The second-order valence-corrected chi connectivity index (χ2v) is 7.99. The Morgan fingerprint density at radius 3 is 2.28 bits per heavy atom. The lowest BCUT2D eigenvalue weighted by Gasteiger charge is -2.22. The quantitative estimate of drug-likeness (QED) is 0.421. The van der Waals surface area contributed by atoms with Crippen LogP contribution in [0.5, 0.6) is 0 Å². The zero-order valence-corrected chi connectivity index (χ0v) is 17.4. The molecule has 3 aromatic heterocycles. The van der Waals surface area contributed by atoms with E-state index in [9.17, 15) is 13.2 Å². The highest BCUT2D eigenvalue weighted by molar-refractivity contribution is 7.19. The van der Waals surface area contributed by atoms with Gasteiger partial charge in [-0.05, 0) is 43.2 Å². The Kier molecular flexibility index (Phi) is 6.95. The molecule has 156 valence electrons. The van der Waals surface area contributed by atoms with Crippen molar-refractivity contribution in [1.82, 2.24) is 15.2 Å². The molecule has 8 heteroatoms. The summed E-state index contributed by atoms with van der Waals surface area (Å²) in [6.07, 6.45) is 1.90. The van der Waals surface area contributed by atoms with Crippen LogP contribution >= 0.6 is 11.3 Å². The van der Waals surface area contributed by atoms with Crippen molar-refractivity contribution in [2.75, 3.05) is 18.0 Å². The Morgan fingerprint density at radius 2 is 1.72 bits per heavy atom. The lowest BCUT2D eigenvalue weighted by atomic mass is 10.2. The van der Waals surface area contributed by atoms with Gasteiger partial charge in [0.05, 0.1) is 10.7 Å². The molecule has 29 heavy (non-hydrogen) atoms. The first-order valence-electron chi connectivity index (χ1n) is 9.86. The number of anilines is 1. The van der Waals surface area contributed by atoms with Crippen molar-refractivity contribution >= 4 is 16.3 Å². The van der Waals surface area contributed by atoms with E-state index in [2.05, 4.69) is 41.0 Å². The number of nitrogens with one attached hydrogen (secondary N) is 1. The molecule has 0 spiro atoms. The number of unbranched alkanes of at least 4 members (excludes halogenated alkanes) is 2. The first kappa shape index (κ1) is 21.4. The summed E-state index contributed by atoms with van der Waals surface area (Å²) in [7, 11) is 0. The van der Waals surface area contributed by atoms with Crippen LogP contribution in [-0.4, -0.2) is 28.3 Å². The first-order valence-corrected chi connectivity index (χ1v) is 10.7. The van der Waals surface area contributed by atoms with Crippen molar-refractivity contribution in [2.45, 2.75) is 45.7 Å². The summed E-state index contributed by atoms with van der Waals surface area (Å²) in [4.78, 5) is 7.85. The molecule has 0 fully saturated rings. The third kappa shape index (κ3) is 5.38. The summed E-state index contributed by atoms with van der Waals surface area (Å²) in [6.45, 7) is 6.49. The van der Waals surface area contributed by atoms with Crippen LogP contribution in [0.4, 0.5) is 18.2 Å². The number of alkyl halides is 3. The van der Waals surface area contributed by atoms with Crippen LogP contribution in [0, 0.1) is 0 Å². The predicted octanol–water partition coefficient (Wildman–Crippen LogP) is 6.63. The number of nitrogens with zero attached hydrogens (tertiary/aromatic N) is 3. The summed E-state index contributed by atoms with van der Waals surface area (Å²) < 4.78 is 38.2. The van der Waals surface area contributed by atoms with Gasteiger partial charge in [0.1, 0.15) is 11.4 Å². The summed E-state index contributed by atoms with van der Waals surface area (Å²) in [6, 6.07) is 8.78. The SMILES string of the molecule is CCCCN(CCCC)c1ccc(-c2ccc(-c3cc(C(F)(F)F)[nH]n3)nc2)s1. The minimum Gasteiger partial charge on any atom is -0.363 e. The van der Waals surface area contributed by atoms with Crippen LogP contribution in [0.1, 0.15) is 45.2 Å². The molecule has 0 aliphatic heterocycles. The fraction of sp³-hybridized carbons (Fsp3) is 0.429. The van der Waals surface area contributed by atoms with E-state index < -0.39 is 11.9 Å². The average Bonchev–Trinajstić information content (AvgIpc) is 3.38. The number of hydrogen-bond donors (Lipinski definition) is 1. The van der Waals surface area contributed by atoms with E-state index in [4.69, 9.17) is 0 Å². The Hall–Kier alpha value is -2.35. The van der Waals surface area contributed by atoms with Gasteiger partial charge in [-0.15, -0.1) is 11.3 Å². The monoisotopic (exact) mass is 422 g/mol. The number of thiophene rings is 1. The van der Waals surface area contributed by atoms with Gasteiger partial charge >= 0.3 is 6.18 Å². The maximum atomic E-state index is 12.7. The van der Waals surface area contributed by atoms with Crippen molar-refractivity contribution in [2.24, 2.45) is 0 Å². The van der Waals surface area contributed by atoms with Gasteiger partial charge in [0.25, 0.3) is 0 Å². The maximum absolute atomic E-state index is 12.7. The highest BCUT2D eigenvalue weighted by atomic mass is 32.1. The minimum atomic E-state index is -4.44. The number of aromatic nitrogens is 3. The topological polar surface area (TPSA) is 44.8 Å². The largest absolute Gasteiger partial charge is 0.432 e. The molecule has 0 atom stereocenters. The van der Waals surface area contributed by atoms with Crippen molar-refractivity contribution in [3.8, 4) is 21.8 Å². The highest BCUT2D eigenvalue weighted by Gasteiger charge is 2.33. The van der Waals surface area contributed by atoms with E-state index in [1.165, 1.54) is 5.00 Å². The van der Waals surface area contributed by atoms with Gasteiger partial charge in [0.2, 0.25) is 0 Å². The van der Waals surface area contributed by atoms with Crippen molar-refractivity contribution < 1.29 is 13.2 Å². The molecular formula is C21H25F3N4S. The molecule has 0 radical (unpaired) electrons. The lowest BCUT2D eigenvalue weighted by Crippen LogP contribution is -2.24. The molecule has 3 rings (SSSR count). The molecule has 0 saturated carbocycles. The second-order valence-electron chi connectivity index (χ2n) is 6.93. The highest BCUT2D eigenvalue weighted by Crippen LogP contribution is 2.35. The smallest absolute Gasteiger partial charge is 0.363 e. The molecular weight excluding hydrogens is 397 g/mol. The van der Waals surface area contributed by atoms with Gasteiger partial charge in [-0.25, -0.2) is 0 Å². The van der Waals surface area contributed by atoms with Crippen LogP contribution < -0.4 is 4.90 Å². The second kappa shape index (κ2) is 9.43. The lowest BCUT2D eigenvalue weighted by molar-refractivity contribution is -0.141. The number of hydrogen-bond acceptors (Lipinski definition) is 4. The third-order valence-corrected chi connectivity index (χ3v) is 5.86. The van der Waals surface area contributed by atoms with Crippen LogP contribution in [0.15, 0.2) is 36.5 Å². The summed E-state index contributed by atoms with van der Waals surface area (Å²) in [5, 5.41) is 6.99. The Labute approximate surface area is 172 Å². The maximum Gasteiger partial charge on any atom is 0.432 e. The number of pyridine rings is 1. The van der Waals surface area contributed by atoms with E-state index in [1.807, 2.05) is 11.2 Å². The van der Waals surface area contributed by atoms with Gasteiger partial charge in [-0.3, -0.25) is 10.1 Å². The molecule has 3 heterocycles. The number of rotatable bonds is 9. The standard InChI is InChI=1S/C21H25F3N4S/c1-3-5-11-28(12-6-4-2)20-10-9-18(29-20)15-7-8-16(25-14-15)17-13-19(27-26-17)21(22,23)24/h7-10,13-14H,3-6,11-12H2,1-2H3,(H,26,27). The van der Waals surface area contributed by atoms with Gasteiger partial charge < -0.3 is 4.90 Å². The summed E-state index contributed by atoms with van der Waals surface area (Å²) >= 11 is 1.72. The minimum absolute atomic E-state index is 0.182. The molecule has 1 N–H and O–H groups in total. The molecule has 0 aliphatic rings. The predicted molar refractivity (Wildman–Crippen MR) is 112 cm³/mol. The van der Waals surface area contributed by atoms with E-state index in [0.29, 0.717) is 5.69 Å². The van der Waals surface area contributed by atoms with E-state index in [1.54, 1.807) is 23.6 Å². The normalized spacial score (nSPS) is 11.8. The molecule has 0 amide bonds. The zero-order chi connectivity index (χ0) is 20.9. The van der Waals surface area contributed by atoms with Crippen molar-refractivity contribution in [1.29, 1.82) is 0 Å². The Balaban J connectivity index is 1.75. The fourth-order valence-corrected chi connectivity index (χ4v) is 4.02. The summed E-state index contributed by atoms with van der Waals surface area (Å²) in [5.41, 5.74) is 0.661. The van der Waals surface area contributed by atoms with Crippen LogP contribution in [0.3, 0.4) is 0 Å². The van der Waals surface area contributed by atoms with Crippen molar-refractivity contribution in [3.05, 3.63) is 42.2 Å². The van der Waals surface area contributed by atoms with Crippen LogP contribution in [-0.2, 0) is 6.18 Å². The molecule has 0 aromatic carbocycles. The third-order valence-electron chi connectivity index (χ3n) is 4.66. The number of halogens is 3. The van der Waals surface area contributed by atoms with Crippen molar-refractivity contribution in [3.63, 3.8) is 0 Å². The number of H-pyrrole nitrogens is 1. The molecule has 0 bridgehead atoms. The molecule has 0 saturated heterocycles. The average molecular weight is 423 g/mol.